The standard InChI is InChI=1S/C18H29N3OS.2ClH/c22-18(6-5-15-7-9-19-10-8-15)20-14-16(17-4-3-13-23-17)21-11-1-2-12-21;;/h3-4,13,15-16,19H,1-2,5-12,14H2,(H,20,22);2*1H. The summed E-state index contributed by atoms with van der Waals surface area (Å²) in [6.45, 7) is 5.30. The highest BCUT2D eigenvalue weighted by Crippen LogP contribution is 2.28. The first-order chi connectivity index (χ1) is 11.3. The fourth-order valence-electron chi connectivity index (χ4n) is 3.75. The normalized spacial score (nSPS) is 19.7. The van der Waals surface area contributed by atoms with E-state index in [2.05, 4.69) is 33.0 Å². The summed E-state index contributed by atoms with van der Waals surface area (Å²) in [5, 5.41) is 8.72. The lowest BCUT2D eigenvalue weighted by Crippen LogP contribution is -2.36. The van der Waals surface area contributed by atoms with Crippen molar-refractivity contribution in [3.8, 4) is 0 Å². The van der Waals surface area contributed by atoms with Crippen molar-refractivity contribution in [1.82, 2.24) is 15.5 Å². The Hall–Kier alpha value is -0.330. The highest BCUT2D eigenvalue weighted by molar-refractivity contribution is 7.10. The lowest BCUT2D eigenvalue weighted by atomic mass is 9.93. The predicted octanol–water partition coefficient (Wildman–Crippen LogP) is 3.62. The summed E-state index contributed by atoms with van der Waals surface area (Å²) in [7, 11) is 0. The fourth-order valence-corrected chi connectivity index (χ4v) is 4.61. The van der Waals surface area contributed by atoms with Crippen molar-refractivity contribution in [3.05, 3.63) is 22.4 Å². The van der Waals surface area contributed by atoms with Gasteiger partial charge in [0.05, 0.1) is 6.04 Å². The number of nitrogens with one attached hydrogen (secondary N) is 2. The summed E-state index contributed by atoms with van der Waals surface area (Å²) in [4.78, 5) is 16.1. The third-order valence-electron chi connectivity index (χ3n) is 5.18. The van der Waals surface area contributed by atoms with Crippen molar-refractivity contribution in [3.63, 3.8) is 0 Å². The van der Waals surface area contributed by atoms with Crippen LogP contribution in [0.15, 0.2) is 17.5 Å². The Kier molecular flexibility index (Phi) is 11.0. The van der Waals surface area contributed by atoms with Gasteiger partial charge < -0.3 is 10.6 Å². The molecular formula is C18H31Cl2N3OS. The number of hydrogen-bond acceptors (Lipinski definition) is 4. The van der Waals surface area contributed by atoms with Crippen molar-refractivity contribution < 1.29 is 4.79 Å². The molecule has 2 aliphatic rings. The molecule has 25 heavy (non-hydrogen) atoms. The van der Waals surface area contributed by atoms with Crippen molar-refractivity contribution in [2.45, 2.75) is 44.6 Å². The molecule has 2 aliphatic heterocycles. The van der Waals surface area contributed by atoms with E-state index in [0.29, 0.717) is 12.5 Å². The highest BCUT2D eigenvalue weighted by atomic mass is 35.5. The quantitative estimate of drug-likeness (QED) is 0.724. The number of amides is 1. The van der Waals surface area contributed by atoms with Crippen molar-refractivity contribution in [2.24, 2.45) is 5.92 Å². The third-order valence-corrected chi connectivity index (χ3v) is 6.16. The molecule has 0 radical (unpaired) electrons. The van der Waals surface area contributed by atoms with E-state index in [0.717, 1.165) is 45.1 Å². The molecule has 2 fully saturated rings. The first-order valence-corrected chi connectivity index (χ1v) is 9.96. The summed E-state index contributed by atoms with van der Waals surface area (Å²) in [6.07, 6.45) is 6.73. The number of hydrogen-bond donors (Lipinski definition) is 2. The molecule has 1 atom stereocenters. The number of halogens is 2. The number of thiophene rings is 1. The third kappa shape index (κ3) is 7.06. The van der Waals surface area contributed by atoms with Crippen molar-refractivity contribution in [2.75, 3.05) is 32.7 Å². The van der Waals surface area contributed by atoms with Crippen LogP contribution in [0.5, 0.6) is 0 Å². The minimum Gasteiger partial charge on any atom is -0.354 e. The molecule has 1 unspecified atom stereocenters. The average molecular weight is 408 g/mol. The fraction of sp³-hybridized carbons (Fsp3) is 0.722. The van der Waals surface area contributed by atoms with Crippen LogP contribution in [0.1, 0.15) is 49.4 Å². The second-order valence-electron chi connectivity index (χ2n) is 6.81. The molecule has 0 bridgehead atoms. The van der Waals surface area contributed by atoms with Crippen molar-refractivity contribution >= 4 is 42.1 Å². The van der Waals surface area contributed by atoms with Gasteiger partial charge in [0.25, 0.3) is 0 Å². The second-order valence-corrected chi connectivity index (χ2v) is 7.79. The zero-order valence-electron chi connectivity index (χ0n) is 14.7. The van der Waals surface area contributed by atoms with Gasteiger partial charge in [0.1, 0.15) is 0 Å². The number of nitrogens with zero attached hydrogens (tertiary/aromatic N) is 1. The van der Waals surface area contributed by atoms with Crippen LogP contribution >= 0.6 is 36.2 Å². The molecule has 144 valence electrons. The molecule has 0 aliphatic carbocycles. The summed E-state index contributed by atoms with van der Waals surface area (Å²) in [5.74, 6) is 0.956. The van der Waals surface area contributed by atoms with Crippen LogP contribution < -0.4 is 10.6 Å². The number of piperidine rings is 1. The van der Waals surface area contributed by atoms with Gasteiger partial charge in [-0.1, -0.05) is 6.07 Å². The van der Waals surface area contributed by atoms with Gasteiger partial charge in [-0.15, -0.1) is 36.2 Å². The zero-order chi connectivity index (χ0) is 15.9. The van der Waals surface area contributed by atoms with E-state index in [1.165, 1.54) is 30.6 Å². The summed E-state index contributed by atoms with van der Waals surface area (Å²) in [6, 6.07) is 4.68. The zero-order valence-corrected chi connectivity index (χ0v) is 17.2. The second kappa shape index (κ2) is 12.1. The van der Waals surface area contributed by atoms with Gasteiger partial charge in [0, 0.05) is 17.8 Å². The van der Waals surface area contributed by atoms with E-state index in [1.54, 1.807) is 11.3 Å². The van der Waals surface area contributed by atoms with Gasteiger partial charge in [-0.2, -0.15) is 0 Å². The Morgan fingerprint density at radius 3 is 2.64 bits per heavy atom. The van der Waals surface area contributed by atoms with Gasteiger partial charge in [-0.05, 0) is 75.6 Å². The SMILES string of the molecule is Cl.Cl.O=C(CCC1CCNCC1)NCC(c1cccs1)N1CCCC1. The Morgan fingerprint density at radius 2 is 2.00 bits per heavy atom. The highest BCUT2D eigenvalue weighted by Gasteiger charge is 2.24. The minimum atomic E-state index is 0. The molecule has 4 nitrogen and oxygen atoms in total. The Morgan fingerprint density at radius 1 is 1.28 bits per heavy atom. The Bertz CT molecular complexity index is 475. The van der Waals surface area contributed by atoms with Gasteiger partial charge in [0.15, 0.2) is 0 Å². The molecule has 0 aromatic carbocycles. The maximum absolute atomic E-state index is 12.2. The van der Waals surface area contributed by atoms with E-state index >= 15 is 0 Å². The lowest BCUT2D eigenvalue weighted by molar-refractivity contribution is -0.121. The van der Waals surface area contributed by atoms with Gasteiger partial charge >= 0.3 is 0 Å². The summed E-state index contributed by atoms with van der Waals surface area (Å²) >= 11 is 1.81. The van der Waals surface area contributed by atoms with Crippen LogP contribution in [-0.2, 0) is 4.79 Å². The van der Waals surface area contributed by atoms with E-state index in [4.69, 9.17) is 0 Å². The molecule has 3 rings (SSSR count). The van der Waals surface area contributed by atoms with Crippen LogP contribution in [0.4, 0.5) is 0 Å². The van der Waals surface area contributed by atoms with E-state index < -0.39 is 0 Å². The first-order valence-electron chi connectivity index (χ1n) is 9.08. The van der Waals surface area contributed by atoms with E-state index in [-0.39, 0.29) is 30.7 Å². The largest absolute Gasteiger partial charge is 0.354 e. The van der Waals surface area contributed by atoms with Crippen LogP contribution in [0.2, 0.25) is 0 Å². The van der Waals surface area contributed by atoms with E-state index in [9.17, 15) is 4.79 Å². The number of carbonyl (C=O) groups is 1. The molecule has 2 N–H and O–H groups in total. The van der Waals surface area contributed by atoms with Crippen LogP contribution in [0.25, 0.3) is 0 Å². The molecule has 7 heteroatoms. The van der Waals surface area contributed by atoms with Gasteiger partial charge in [0.2, 0.25) is 5.91 Å². The molecule has 1 aromatic rings. The number of likely N-dealkylation sites (tertiary alicyclic amines) is 1. The molecule has 0 spiro atoms. The van der Waals surface area contributed by atoms with Crippen LogP contribution in [0.3, 0.4) is 0 Å². The molecule has 3 heterocycles. The topological polar surface area (TPSA) is 44.4 Å². The maximum atomic E-state index is 12.2. The van der Waals surface area contributed by atoms with Gasteiger partial charge in [-0.25, -0.2) is 0 Å². The predicted molar refractivity (Wildman–Crippen MR) is 110 cm³/mol. The van der Waals surface area contributed by atoms with Gasteiger partial charge in [-0.3, -0.25) is 9.69 Å². The van der Waals surface area contributed by atoms with Crippen molar-refractivity contribution in [1.29, 1.82) is 0 Å². The lowest BCUT2D eigenvalue weighted by Gasteiger charge is -2.27. The summed E-state index contributed by atoms with van der Waals surface area (Å²) in [5.41, 5.74) is 0. The minimum absolute atomic E-state index is 0. The molecule has 1 amide bonds. The summed E-state index contributed by atoms with van der Waals surface area (Å²) < 4.78 is 0. The Balaban J connectivity index is 0.00000156. The Labute approximate surface area is 167 Å². The molecule has 2 saturated heterocycles. The molecule has 1 aromatic heterocycles. The number of carbonyl (C=O) groups excluding carboxylic acids is 1. The first kappa shape index (κ1) is 22.7. The monoisotopic (exact) mass is 407 g/mol. The molecular weight excluding hydrogens is 377 g/mol. The van der Waals surface area contributed by atoms with E-state index in [1.807, 2.05) is 0 Å². The van der Waals surface area contributed by atoms with Crippen LogP contribution in [-0.4, -0.2) is 43.5 Å². The molecule has 0 saturated carbocycles. The average Bonchev–Trinajstić information content (AvgIpc) is 3.28. The maximum Gasteiger partial charge on any atom is 0.220 e. The smallest absolute Gasteiger partial charge is 0.220 e. The van der Waals surface area contributed by atoms with Crippen LogP contribution in [0, 0.1) is 5.92 Å². The number of rotatable bonds is 7.